The molecule has 0 unspecified atom stereocenters. The fourth-order valence-corrected chi connectivity index (χ4v) is 3.97. The van der Waals surface area contributed by atoms with Gasteiger partial charge < -0.3 is 15.5 Å². The van der Waals surface area contributed by atoms with Gasteiger partial charge in [0.1, 0.15) is 0 Å². The molecule has 0 saturated carbocycles. The van der Waals surface area contributed by atoms with Gasteiger partial charge in [0.2, 0.25) is 0 Å². The van der Waals surface area contributed by atoms with E-state index in [2.05, 4.69) is 20.6 Å². The number of hydrogen-bond donors (Lipinski definition) is 2. The van der Waals surface area contributed by atoms with E-state index in [-0.39, 0.29) is 18.3 Å². The number of piperazine rings is 1. The van der Waals surface area contributed by atoms with E-state index in [9.17, 15) is 13.6 Å². The molecule has 1 aliphatic carbocycles. The second-order valence-corrected chi connectivity index (χ2v) is 7.34. The Morgan fingerprint density at radius 3 is 2.72 bits per heavy atom. The lowest BCUT2D eigenvalue weighted by atomic mass is 10.2. The predicted molar refractivity (Wildman–Crippen MR) is 109 cm³/mol. The van der Waals surface area contributed by atoms with E-state index in [1.54, 1.807) is 4.68 Å². The van der Waals surface area contributed by atoms with Gasteiger partial charge in [-0.15, -0.1) is 12.4 Å². The van der Waals surface area contributed by atoms with Crippen LogP contribution in [0.3, 0.4) is 0 Å². The molecule has 0 spiro atoms. The van der Waals surface area contributed by atoms with E-state index in [1.165, 1.54) is 6.07 Å². The van der Waals surface area contributed by atoms with Crippen molar-refractivity contribution in [1.82, 2.24) is 25.3 Å². The summed E-state index contributed by atoms with van der Waals surface area (Å²) in [6.45, 7) is 5.67. The molecule has 4 rings (SSSR count). The summed E-state index contributed by atoms with van der Waals surface area (Å²) in [5.41, 5.74) is 2.68. The number of hydrogen-bond acceptors (Lipinski definition) is 4. The van der Waals surface area contributed by atoms with Gasteiger partial charge in [0.05, 0.1) is 5.69 Å². The summed E-state index contributed by atoms with van der Waals surface area (Å²) in [5, 5.41) is 10.7. The lowest BCUT2D eigenvalue weighted by Crippen LogP contribution is -2.44. The zero-order valence-corrected chi connectivity index (χ0v) is 17.0. The Morgan fingerprint density at radius 2 is 1.97 bits per heavy atom. The van der Waals surface area contributed by atoms with Crippen molar-refractivity contribution in [2.75, 3.05) is 39.3 Å². The van der Waals surface area contributed by atoms with Gasteiger partial charge in [-0.3, -0.25) is 4.79 Å². The molecule has 6 nitrogen and oxygen atoms in total. The molecule has 1 aliphatic heterocycles. The maximum Gasteiger partial charge on any atom is 0.272 e. The molecular weight excluding hydrogens is 400 g/mol. The number of halogens is 3. The molecule has 2 aliphatic rings. The molecule has 1 fully saturated rings. The minimum atomic E-state index is -0.918. The Bertz CT molecular complexity index is 867. The van der Waals surface area contributed by atoms with Crippen molar-refractivity contribution in [2.45, 2.75) is 25.7 Å². The van der Waals surface area contributed by atoms with Crippen LogP contribution in [0.4, 0.5) is 8.78 Å². The van der Waals surface area contributed by atoms with Crippen LogP contribution >= 0.6 is 12.4 Å². The normalized spacial score (nSPS) is 16.3. The monoisotopic (exact) mass is 425 g/mol. The molecule has 158 valence electrons. The van der Waals surface area contributed by atoms with E-state index in [0.717, 1.165) is 81.8 Å². The van der Waals surface area contributed by atoms with Gasteiger partial charge in [-0.1, -0.05) is 0 Å². The summed E-state index contributed by atoms with van der Waals surface area (Å²) >= 11 is 0. The minimum absolute atomic E-state index is 0. The molecule has 9 heteroatoms. The molecule has 0 bridgehead atoms. The van der Waals surface area contributed by atoms with Crippen LogP contribution in [0.5, 0.6) is 0 Å². The molecule has 0 radical (unpaired) electrons. The number of nitrogens with one attached hydrogen (secondary N) is 2. The van der Waals surface area contributed by atoms with Gasteiger partial charge >= 0.3 is 0 Å². The van der Waals surface area contributed by atoms with Crippen molar-refractivity contribution < 1.29 is 13.6 Å². The lowest BCUT2D eigenvalue weighted by molar-refractivity contribution is 0.0945. The number of amides is 1. The van der Waals surface area contributed by atoms with Crippen molar-refractivity contribution in [1.29, 1.82) is 0 Å². The largest absolute Gasteiger partial charge is 0.351 e. The highest BCUT2D eigenvalue weighted by Gasteiger charge is 2.27. The van der Waals surface area contributed by atoms with Crippen molar-refractivity contribution in [3.63, 3.8) is 0 Å². The average Bonchev–Trinajstić information content (AvgIpc) is 3.31. The smallest absolute Gasteiger partial charge is 0.272 e. The molecule has 2 N–H and O–H groups in total. The summed E-state index contributed by atoms with van der Waals surface area (Å²) in [6, 6.07) is 3.69. The Labute approximate surface area is 175 Å². The van der Waals surface area contributed by atoms with Gasteiger partial charge in [0, 0.05) is 50.0 Å². The number of carbonyl (C=O) groups excluding carboxylic acids is 1. The SMILES string of the molecule is Cl.O=C(NCCCN1CCNCC1)c1nn(-c2ccc(F)c(F)c2)c2c1CCC2. The third-order valence-corrected chi connectivity index (χ3v) is 5.44. The van der Waals surface area contributed by atoms with Crippen LogP contribution < -0.4 is 10.6 Å². The first-order chi connectivity index (χ1) is 13.6. The quantitative estimate of drug-likeness (QED) is 0.696. The van der Waals surface area contributed by atoms with Crippen molar-refractivity contribution in [3.8, 4) is 5.69 Å². The highest BCUT2D eigenvalue weighted by Crippen LogP contribution is 2.28. The molecule has 29 heavy (non-hydrogen) atoms. The highest BCUT2D eigenvalue weighted by atomic mass is 35.5. The molecular formula is C20H26ClF2N5O. The van der Waals surface area contributed by atoms with Crippen LogP contribution in [-0.4, -0.2) is 59.9 Å². The second-order valence-electron chi connectivity index (χ2n) is 7.34. The number of fused-ring (bicyclic) bond motifs is 1. The number of aromatic nitrogens is 2. The van der Waals surface area contributed by atoms with Crippen LogP contribution in [0.25, 0.3) is 5.69 Å². The van der Waals surface area contributed by atoms with E-state index in [4.69, 9.17) is 0 Å². The molecule has 1 aromatic carbocycles. The third kappa shape index (κ3) is 4.76. The summed E-state index contributed by atoms with van der Waals surface area (Å²) < 4.78 is 28.5. The van der Waals surface area contributed by atoms with Crippen LogP contribution in [-0.2, 0) is 12.8 Å². The minimum Gasteiger partial charge on any atom is -0.351 e. The highest BCUT2D eigenvalue weighted by molar-refractivity contribution is 5.94. The Morgan fingerprint density at radius 1 is 1.17 bits per heavy atom. The summed E-state index contributed by atoms with van der Waals surface area (Å²) in [5.74, 6) is -2.01. The van der Waals surface area contributed by atoms with Crippen molar-refractivity contribution in [2.24, 2.45) is 0 Å². The number of nitrogens with zero attached hydrogens (tertiary/aromatic N) is 3. The van der Waals surface area contributed by atoms with Gasteiger partial charge in [-0.25, -0.2) is 13.5 Å². The Balaban J connectivity index is 0.00000240. The maximum atomic E-state index is 13.6. The van der Waals surface area contributed by atoms with Gasteiger partial charge in [-0.2, -0.15) is 5.10 Å². The predicted octanol–water partition coefficient (Wildman–Crippen LogP) is 2.09. The number of benzene rings is 1. The van der Waals surface area contributed by atoms with Gasteiger partial charge in [0.15, 0.2) is 17.3 Å². The second kappa shape index (κ2) is 9.65. The van der Waals surface area contributed by atoms with Gasteiger partial charge in [0.25, 0.3) is 5.91 Å². The molecule has 1 amide bonds. The van der Waals surface area contributed by atoms with Gasteiger partial charge in [-0.05, 0) is 44.4 Å². The first kappa shape index (κ1) is 21.7. The average molecular weight is 426 g/mol. The van der Waals surface area contributed by atoms with E-state index in [0.29, 0.717) is 17.9 Å². The third-order valence-electron chi connectivity index (χ3n) is 5.44. The summed E-state index contributed by atoms with van der Waals surface area (Å²) in [7, 11) is 0. The van der Waals surface area contributed by atoms with Crippen molar-refractivity contribution in [3.05, 3.63) is 46.8 Å². The number of rotatable bonds is 6. The topological polar surface area (TPSA) is 62.2 Å². The maximum absolute atomic E-state index is 13.6. The lowest BCUT2D eigenvalue weighted by Gasteiger charge is -2.27. The van der Waals surface area contributed by atoms with E-state index >= 15 is 0 Å². The van der Waals surface area contributed by atoms with Crippen LogP contribution in [0.1, 0.15) is 34.6 Å². The molecule has 0 atom stereocenters. The standard InChI is InChI=1S/C20H25F2N5O.ClH/c21-16-6-5-14(13-17(16)22)27-18-4-1-3-15(18)19(25-27)20(28)24-7-2-10-26-11-8-23-9-12-26;/h5-6,13,23H,1-4,7-12H2,(H,24,28);1H. The fourth-order valence-electron chi connectivity index (χ4n) is 3.97. The fraction of sp³-hybridized carbons (Fsp3) is 0.500. The molecule has 2 heterocycles. The van der Waals surface area contributed by atoms with Crippen LogP contribution in [0, 0.1) is 11.6 Å². The first-order valence-electron chi connectivity index (χ1n) is 9.91. The zero-order valence-electron chi connectivity index (χ0n) is 16.2. The summed E-state index contributed by atoms with van der Waals surface area (Å²) in [4.78, 5) is 15.1. The zero-order chi connectivity index (χ0) is 19.5. The van der Waals surface area contributed by atoms with Crippen LogP contribution in [0.15, 0.2) is 18.2 Å². The molecule has 1 saturated heterocycles. The van der Waals surface area contributed by atoms with E-state index < -0.39 is 11.6 Å². The van der Waals surface area contributed by atoms with E-state index in [1.807, 2.05) is 0 Å². The van der Waals surface area contributed by atoms with Crippen molar-refractivity contribution >= 4 is 18.3 Å². The summed E-state index contributed by atoms with van der Waals surface area (Å²) in [6.07, 6.45) is 3.37. The molecule has 2 aromatic rings. The Kier molecular flexibility index (Phi) is 7.21. The first-order valence-corrected chi connectivity index (χ1v) is 9.91. The molecule has 1 aromatic heterocycles. The number of carbonyl (C=O) groups is 1. The Hall–Kier alpha value is -2.03. The van der Waals surface area contributed by atoms with Crippen LogP contribution in [0.2, 0.25) is 0 Å².